The number of carbonyl (C=O) groups is 1. The van der Waals surface area contributed by atoms with Crippen molar-refractivity contribution in [2.24, 2.45) is 5.92 Å². The van der Waals surface area contributed by atoms with Gasteiger partial charge in [-0.2, -0.15) is 0 Å². The molecule has 0 aliphatic carbocycles. The van der Waals surface area contributed by atoms with Crippen LogP contribution in [-0.4, -0.2) is 17.1 Å². The molecule has 5 nitrogen and oxygen atoms in total. The number of anilines is 2. The lowest BCUT2D eigenvalue weighted by Gasteiger charge is -2.25. The molecule has 14 heavy (non-hydrogen) atoms. The van der Waals surface area contributed by atoms with Crippen molar-refractivity contribution in [1.29, 1.82) is 0 Å². The third-order valence-electron chi connectivity index (χ3n) is 2.35. The van der Waals surface area contributed by atoms with Gasteiger partial charge in [0, 0.05) is 0 Å². The molecule has 0 bridgehead atoms. The average Bonchev–Trinajstić information content (AvgIpc) is 2.46. The Labute approximate surface area is 81.8 Å². The van der Waals surface area contributed by atoms with Gasteiger partial charge in [-0.1, -0.05) is 19.0 Å². The summed E-state index contributed by atoms with van der Waals surface area (Å²) >= 11 is 0. The van der Waals surface area contributed by atoms with E-state index >= 15 is 0 Å². The van der Waals surface area contributed by atoms with Crippen molar-refractivity contribution >= 4 is 17.4 Å². The molecule has 0 saturated heterocycles. The maximum Gasteiger partial charge on any atom is 0.247 e. The predicted octanol–water partition coefficient (Wildman–Crippen LogP) is 1.37. The molecule has 2 rings (SSSR count). The van der Waals surface area contributed by atoms with Crippen LogP contribution in [0.15, 0.2) is 4.52 Å². The summed E-state index contributed by atoms with van der Waals surface area (Å²) in [6.45, 7) is 5.73. The van der Waals surface area contributed by atoms with Crippen molar-refractivity contribution in [3.63, 3.8) is 0 Å². The molecule has 76 valence electrons. The second kappa shape index (κ2) is 3.01. The van der Waals surface area contributed by atoms with Crippen LogP contribution in [0.5, 0.6) is 0 Å². The van der Waals surface area contributed by atoms with E-state index in [4.69, 9.17) is 4.52 Å². The minimum absolute atomic E-state index is 0.0289. The number of rotatable bonds is 1. The maximum absolute atomic E-state index is 11.6. The molecule has 0 aromatic carbocycles. The van der Waals surface area contributed by atoms with E-state index in [2.05, 4.69) is 15.8 Å². The molecule has 0 fully saturated rings. The van der Waals surface area contributed by atoms with Crippen LogP contribution in [0.2, 0.25) is 0 Å². The first-order valence-corrected chi connectivity index (χ1v) is 4.63. The first-order chi connectivity index (χ1) is 6.59. The third kappa shape index (κ3) is 1.25. The number of aromatic nitrogens is 1. The van der Waals surface area contributed by atoms with E-state index in [9.17, 15) is 4.79 Å². The molecule has 1 aliphatic heterocycles. The Bertz CT molecular complexity index is 370. The Kier molecular flexibility index (Phi) is 1.94. The normalized spacial score (nSPS) is 20.3. The van der Waals surface area contributed by atoms with Crippen molar-refractivity contribution in [3.8, 4) is 0 Å². The topological polar surface area (TPSA) is 67.2 Å². The Morgan fingerprint density at radius 2 is 2.21 bits per heavy atom. The molecule has 1 atom stereocenters. The van der Waals surface area contributed by atoms with Gasteiger partial charge in [-0.15, -0.1) is 0 Å². The van der Waals surface area contributed by atoms with Gasteiger partial charge in [-0.25, -0.2) is 0 Å². The van der Waals surface area contributed by atoms with Crippen molar-refractivity contribution in [1.82, 2.24) is 5.16 Å². The van der Waals surface area contributed by atoms with Gasteiger partial charge >= 0.3 is 0 Å². The van der Waals surface area contributed by atoms with E-state index in [0.717, 1.165) is 0 Å². The van der Waals surface area contributed by atoms with Gasteiger partial charge in [-0.3, -0.25) is 4.79 Å². The second-order valence-corrected chi connectivity index (χ2v) is 3.82. The van der Waals surface area contributed by atoms with Gasteiger partial charge < -0.3 is 15.2 Å². The Morgan fingerprint density at radius 3 is 2.86 bits per heavy atom. The summed E-state index contributed by atoms with van der Waals surface area (Å²) in [5.74, 6) is 1.45. The van der Waals surface area contributed by atoms with E-state index < -0.39 is 0 Å². The van der Waals surface area contributed by atoms with E-state index in [1.807, 2.05) is 13.8 Å². The molecule has 2 N–H and O–H groups in total. The monoisotopic (exact) mass is 195 g/mol. The second-order valence-electron chi connectivity index (χ2n) is 3.82. The van der Waals surface area contributed by atoms with Crippen molar-refractivity contribution in [3.05, 3.63) is 5.76 Å². The summed E-state index contributed by atoms with van der Waals surface area (Å²) in [7, 11) is 0. The molecule has 1 aliphatic rings. The molecular formula is C9H13N3O2. The standard InChI is InChI=1S/C9H13N3O2/c1-4(2)6-9(13)11-7-5(3)14-12-8(7)10-6/h4,6H,1-3H3,(H,10,12)(H,11,13). The molecule has 0 saturated carbocycles. The van der Waals surface area contributed by atoms with E-state index in [1.165, 1.54) is 0 Å². The number of hydrogen-bond acceptors (Lipinski definition) is 4. The van der Waals surface area contributed by atoms with Gasteiger partial charge in [0.15, 0.2) is 11.6 Å². The summed E-state index contributed by atoms with van der Waals surface area (Å²) < 4.78 is 4.97. The number of carbonyl (C=O) groups excluding carboxylic acids is 1. The van der Waals surface area contributed by atoms with Crippen molar-refractivity contribution < 1.29 is 9.32 Å². The molecular weight excluding hydrogens is 182 g/mol. The lowest BCUT2D eigenvalue weighted by molar-refractivity contribution is -0.117. The quantitative estimate of drug-likeness (QED) is 0.710. The van der Waals surface area contributed by atoms with Crippen LogP contribution in [0.25, 0.3) is 0 Å². The number of nitrogens with one attached hydrogen (secondary N) is 2. The van der Waals surface area contributed by atoms with Crippen molar-refractivity contribution in [2.75, 3.05) is 10.6 Å². The predicted molar refractivity (Wildman–Crippen MR) is 52.1 cm³/mol. The summed E-state index contributed by atoms with van der Waals surface area (Å²) in [5.41, 5.74) is 0.659. The number of aryl methyl sites for hydroxylation is 1. The number of amides is 1. The molecule has 2 heterocycles. The van der Waals surface area contributed by atoms with Crippen LogP contribution < -0.4 is 10.6 Å². The molecule has 1 unspecified atom stereocenters. The zero-order valence-corrected chi connectivity index (χ0v) is 8.42. The number of fused-ring (bicyclic) bond motifs is 1. The van der Waals surface area contributed by atoms with Crippen LogP contribution in [0.4, 0.5) is 11.5 Å². The summed E-state index contributed by atoms with van der Waals surface area (Å²) in [6.07, 6.45) is 0. The molecule has 1 amide bonds. The lowest BCUT2D eigenvalue weighted by Crippen LogP contribution is -2.42. The van der Waals surface area contributed by atoms with E-state index in [-0.39, 0.29) is 17.9 Å². The summed E-state index contributed by atoms with van der Waals surface area (Å²) in [6, 6.07) is -0.230. The highest BCUT2D eigenvalue weighted by Gasteiger charge is 2.31. The van der Waals surface area contributed by atoms with Gasteiger partial charge in [0.2, 0.25) is 5.91 Å². The lowest BCUT2D eigenvalue weighted by atomic mass is 10.0. The molecule has 1 aromatic heterocycles. The van der Waals surface area contributed by atoms with E-state index in [1.54, 1.807) is 6.92 Å². The fourth-order valence-electron chi connectivity index (χ4n) is 1.50. The van der Waals surface area contributed by atoms with Gasteiger partial charge in [0.25, 0.3) is 0 Å². The Balaban J connectivity index is 2.32. The highest BCUT2D eigenvalue weighted by Crippen LogP contribution is 2.30. The highest BCUT2D eigenvalue weighted by atomic mass is 16.5. The molecule has 5 heteroatoms. The zero-order valence-electron chi connectivity index (χ0n) is 8.42. The van der Waals surface area contributed by atoms with Gasteiger partial charge in [-0.05, 0) is 12.8 Å². The van der Waals surface area contributed by atoms with Crippen molar-refractivity contribution in [2.45, 2.75) is 26.8 Å². The summed E-state index contributed by atoms with van der Waals surface area (Å²) in [5, 5.41) is 9.65. The zero-order chi connectivity index (χ0) is 10.3. The average molecular weight is 195 g/mol. The first kappa shape index (κ1) is 9.05. The van der Waals surface area contributed by atoms with Gasteiger partial charge in [0.1, 0.15) is 11.7 Å². The minimum atomic E-state index is -0.230. The first-order valence-electron chi connectivity index (χ1n) is 4.63. The summed E-state index contributed by atoms with van der Waals surface area (Å²) in [4.78, 5) is 11.6. The van der Waals surface area contributed by atoms with Crippen LogP contribution in [0.1, 0.15) is 19.6 Å². The maximum atomic E-state index is 11.6. The smallest absolute Gasteiger partial charge is 0.247 e. The Morgan fingerprint density at radius 1 is 1.50 bits per heavy atom. The number of nitrogens with zero attached hydrogens (tertiary/aromatic N) is 1. The van der Waals surface area contributed by atoms with Crippen LogP contribution in [0.3, 0.4) is 0 Å². The van der Waals surface area contributed by atoms with E-state index in [0.29, 0.717) is 17.3 Å². The third-order valence-corrected chi connectivity index (χ3v) is 2.35. The van der Waals surface area contributed by atoms with Gasteiger partial charge in [0.05, 0.1) is 0 Å². The fourth-order valence-corrected chi connectivity index (χ4v) is 1.50. The Hall–Kier alpha value is -1.52. The SMILES string of the molecule is Cc1onc2c1NC(=O)C(C(C)C)N2. The largest absolute Gasteiger partial charge is 0.357 e. The van der Waals surface area contributed by atoms with Crippen LogP contribution >= 0.6 is 0 Å². The van der Waals surface area contributed by atoms with Crippen LogP contribution in [0, 0.1) is 12.8 Å². The van der Waals surface area contributed by atoms with Crippen LogP contribution in [-0.2, 0) is 4.79 Å². The minimum Gasteiger partial charge on any atom is -0.357 e. The highest BCUT2D eigenvalue weighted by molar-refractivity contribution is 6.02. The fraction of sp³-hybridized carbons (Fsp3) is 0.556. The molecule has 1 aromatic rings. The number of hydrogen-bond donors (Lipinski definition) is 2. The molecule has 0 spiro atoms. The molecule has 0 radical (unpaired) electrons.